The van der Waals surface area contributed by atoms with Crippen LogP contribution in [0.5, 0.6) is 0 Å². The van der Waals surface area contributed by atoms with Gasteiger partial charge in [-0.1, -0.05) is 115 Å². The largest absolute Gasteiger partial charge is 0.288 e. The van der Waals surface area contributed by atoms with Crippen molar-refractivity contribution in [2.75, 3.05) is 0 Å². The van der Waals surface area contributed by atoms with Crippen molar-refractivity contribution in [1.29, 1.82) is 0 Å². The van der Waals surface area contributed by atoms with Gasteiger partial charge in [-0.25, -0.2) is 9.13 Å². The predicted molar refractivity (Wildman–Crippen MR) is 131 cm³/mol. The average molecular weight is 412 g/mol. The van der Waals surface area contributed by atoms with Crippen molar-refractivity contribution in [3.8, 4) is 11.4 Å². The second-order valence-corrected chi connectivity index (χ2v) is 9.10. The van der Waals surface area contributed by atoms with E-state index >= 15 is 0 Å². The molecule has 0 bridgehead atoms. The smallest absolute Gasteiger partial charge is 0.233 e. The van der Waals surface area contributed by atoms with Crippen LogP contribution in [0, 0.1) is 0 Å². The van der Waals surface area contributed by atoms with E-state index < -0.39 is 0 Å². The number of imidazole rings is 1. The Balaban J connectivity index is 1.43. The fraction of sp³-hybridized carbons (Fsp3) is 0.679. The minimum atomic E-state index is 1.13. The van der Waals surface area contributed by atoms with Crippen LogP contribution in [-0.4, -0.2) is 4.57 Å². The molecule has 1 heterocycles. The van der Waals surface area contributed by atoms with E-state index in [-0.39, 0.29) is 0 Å². The summed E-state index contributed by atoms with van der Waals surface area (Å²) in [5.74, 6) is 1.32. The van der Waals surface area contributed by atoms with Gasteiger partial charge in [-0.05, 0) is 25.0 Å². The van der Waals surface area contributed by atoms with Gasteiger partial charge in [-0.15, -0.1) is 0 Å². The van der Waals surface area contributed by atoms with E-state index in [0.29, 0.717) is 0 Å². The molecule has 1 aromatic carbocycles. The maximum Gasteiger partial charge on any atom is 0.288 e. The molecule has 1 aromatic heterocycles. The molecule has 30 heavy (non-hydrogen) atoms. The maximum atomic E-state index is 2.42. The molecular weight excluding hydrogens is 364 g/mol. The number of rotatable bonds is 18. The van der Waals surface area contributed by atoms with Crippen LogP contribution < -0.4 is 4.57 Å². The Bertz CT molecular complexity index is 644. The summed E-state index contributed by atoms with van der Waals surface area (Å²) in [4.78, 5) is 0. The van der Waals surface area contributed by atoms with Gasteiger partial charge in [0.25, 0.3) is 5.82 Å². The van der Waals surface area contributed by atoms with Crippen molar-refractivity contribution in [1.82, 2.24) is 4.57 Å². The van der Waals surface area contributed by atoms with Gasteiger partial charge < -0.3 is 0 Å². The maximum absolute atomic E-state index is 2.42. The second kappa shape index (κ2) is 16.2. The van der Waals surface area contributed by atoms with Crippen LogP contribution in [0.15, 0.2) is 42.7 Å². The van der Waals surface area contributed by atoms with Gasteiger partial charge >= 0.3 is 0 Å². The highest BCUT2D eigenvalue weighted by atomic mass is 15.1. The zero-order chi connectivity index (χ0) is 21.3. The summed E-state index contributed by atoms with van der Waals surface area (Å²) in [7, 11) is 2.15. The molecule has 168 valence electrons. The number of unbranched alkanes of at least 4 members (excludes halogenated alkanes) is 15. The van der Waals surface area contributed by atoms with Crippen molar-refractivity contribution >= 4 is 0 Å². The lowest BCUT2D eigenvalue weighted by Gasteiger charge is -2.04. The van der Waals surface area contributed by atoms with Gasteiger partial charge in [0.15, 0.2) is 0 Å². The fourth-order valence-electron chi connectivity index (χ4n) is 4.49. The van der Waals surface area contributed by atoms with E-state index in [1.165, 1.54) is 114 Å². The topological polar surface area (TPSA) is 8.81 Å². The SMILES string of the molecule is CCCCCCCCCCCCCCCCCCn1cc[n+](C)c1-c1ccccc1. The van der Waals surface area contributed by atoms with Crippen molar-refractivity contribution < 1.29 is 4.57 Å². The normalized spacial score (nSPS) is 11.3. The number of hydrogen-bond donors (Lipinski definition) is 0. The number of hydrogen-bond acceptors (Lipinski definition) is 0. The van der Waals surface area contributed by atoms with E-state index in [9.17, 15) is 0 Å². The molecular formula is C28H47N2+. The Morgan fingerprint density at radius 2 is 1.10 bits per heavy atom. The first kappa shape index (κ1) is 24.7. The van der Waals surface area contributed by atoms with Crippen LogP contribution in [0.3, 0.4) is 0 Å². The first-order valence-electron chi connectivity index (χ1n) is 12.9. The Morgan fingerprint density at radius 3 is 1.60 bits per heavy atom. The minimum Gasteiger partial charge on any atom is -0.233 e. The average Bonchev–Trinajstić information content (AvgIpc) is 3.14. The number of benzene rings is 1. The molecule has 0 saturated carbocycles. The summed E-state index contributed by atoms with van der Waals surface area (Å²) in [6, 6.07) is 10.8. The summed E-state index contributed by atoms with van der Waals surface area (Å²) < 4.78 is 4.65. The van der Waals surface area contributed by atoms with E-state index in [0.717, 1.165) is 6.54 Å². The zero-order valence-electron chi connectivity index (χ0n) is 20.0. The number of nitrogens with zero attached hydrogens (tertiary/aromatic N) is 2. The lowest BCUT2D eigenvalue weighted by Crippen LogP contribution is -2.29. The minimum absolute atomic E-state index is 1.13. The Hall–Kier alpha value is -1.57. The van der Waals surface area contributed by atoms with E-state index in [4.69, 9.17) is 0 Å². The molecule has 0 unspecified atom stereocenters. The third-order valence-electron chi connectivity index (χ3n) is 6.36. The summed E-state index contributed by atoms with van der Waals surface area (Å²) in [5, 5.41) is 0. The Kier molecular flexibility index (Phi) is 13.3. The van der Waals surface area contributed by atoms with Gasteiger partial charge in [0, 0.05) is 0 Å². The molecule has 2 nitrogen and oxygen atoms in total. The summed E-state index contributed by atoms with van der Waals surface area (Å²) in [6.45, 7) is 3.43. The molecule has 0 N–H and O–H groups in total. The molecule has 0 aliphatic rings. The molecule has 0 atom stereocenters. The van der Waals surface area contributed by atoms with Crippen molar-refractivity contribution in [2.24, 2.45) is 7.05 Å². The van der Waals surface area contributed by atoms with Gasteiger partial charge in [0.05, 0.1) is 19.2 Å². The van der Waals surface area contributed by atoms with Crippen LogP contribution in [0.2, 0.25) is 0 Å². The van der Waals surface area contributed by atoms with Gasteiger partial charge in [0.2, 0.25) is 0 Å². The molecule has 0 aliphatic heterocycles. The monoisotopic (exact) mass is 411 g/mol. The first-order valence-corrected chi connectivity index (χ1v) is 12.9. The van der Waals surface area contributed by atoms with Crippen molar-refractivity contribution in [3.05, 3.63) is 42.7 Å². The van der Waals surface area contributed by atoms with Gasteiger partial charge in [-0.3, -0.25) is 0 Å². The van der Waals surface area contributed by atoms with E-state index in [1.54, 1.807) is 0 Å². The third-order valence-corrected chi connectivity index (χ3v) is 6.36. The van der Waals surface area contributed by atoms with Crippen LogP contribution in [-0.2, 0) is 13.6 Å². The van der Waals surface area contributed by atoms with Gasteiger partial charge in [-0.2, -0.15) is 0 Å². The molecule has 2 heteroatoms. The molecule has 2 aromatic rings. The standard InChI is InChI=1S/C28H47N2/c1-3-4-5-6-7-8-9-10-11-12-13-14-15-16-17-21-24-30-26-25-29(2)28(30)27-22-19-18-20-23-27/h18-20,22-23,25-26H,3-17,21,24H2,1-2H3/q+1. The Morgan fingerprint density at radius 1 is 0.633 bits per heavy atom. The number of aromatic nitrogens is 2. The molecule has 0 aliphatic carbocycles. The van der Waals surface area contributed by atoms with Crippen molar-refractivity contribution in [3.63, 3.8) is 0 Å². The fourth-order valence-corrected chi connectivity index (χ4v) is 4.49. The molecule has 0 saturated heterocycles. The molecule has 0 amide bonds. The lowest BCUT2D eigenvalue weighted by atomic mass is 10.0. The van der Waals surface area contributed by atoms with E-state index in [1.807, 2.05) is 0 Å². The molecule has 0 spiro atoms. The first-order chi connectivity index (χ1) is 14.8. The lowest BCUT2D eigenvalue weighted by molar-refractivity contribution is -0.659. The highest BCUT2D eigenvalue weighted by Crippen LogP contribution is 2.17. The van der Waals surface area contributed by atoms with Crippen LogP contribution in [0.4, 0.5) is 0 Å². The summed E-state index contributed by atoms with van der Waals surface area (Å²) in [5.41, 5.74) is 1.31. The summed E-state index contributed by atoms with van der Waals surface area (Å²) in [6.07, 6.45) is 27.2. The molecule has 0 radical (unpaired) electrons. The molecule has 2 rings (SSSR count). The quantitative estimate of drug-likeness (QED) is 0.172. The zero-order valence-corrected chi connectivity index (χ0v) is 20.0. The third kappa shape index (κ3) is 9.96. The number of aryl methyl sites for hydroxylation is 2. The van der Waals surface area contributed by atoms with E-state index in [2.05, 4.69) is 65.8 Å². The van der Waals surface area contributed by atoms with Crippen LogP contribution in [0.1, 0.15) is 110 Å². The second-order valence-electron chi connectivity index (χ2n) is 9.10. The molecule has 0 fully saturated rings. The van der Waals surface area contributed by atoms with Crippen LogP contribution in [0.25, 0.3) is 11.4 Å². The van der Waals surface area contributed by atoms with Crippen LogP contribution >= 0.6 is 0 Å². The summed E-state index contributed by atoms with van der Waals surface area (Å²) >= 11 is 0. The van der Waals surface area contributed by atoms with Crippen molar-refractivity contribution in [2.45, 2.75) is 116 Å². The highest BCUT2D eigenvalue weighted by Gasteiger charge is 2.15. The van der Waals surface area contributed by atoms with Gasteiger partial charge in [0.1, 0.15) is 12.4 Å². The Labute approximate surface area is 186 Å². The predicted octanol–water partition coefficient (Wildman–Crippen LogP) is 8.24. The highest BCUT2D eigenvalue weighted by molar-refractivity contribution is 5.52.